The lowest BCUT2D eigenvalue weighted by molar-refractivity contribution is -0.118. The van der Waals surface area contributed by atoms with Gasteiger partial charge in [-0.25, -0.2) is 0 Å². The molecule has 2 rings (SSSR count). The van der Waals surface area contributed by atoms with Crippen molar-refractivity contribution in [1.29, 1.82) is 0 Å². The lowest BCUT2D eigenvalue weighted by atomic mass is 10.0. The second-order valence-corrected chi connectivity index (χ2v) is 6.39. The Kier molecular flexibility index (Phi) is 6.61. The Morgan fingerprint density at radius 1 is 1.35 bits per heavy atom. The number of nitrogens with zero attached hydrogens (tertiary/aromatic N) is 3. The molecule has 23 heavy (non-hydrogen) atoms. The monoisotopic (exact) mass is 334 g/mol. The molecule has 0 fully saturated rings. The number of carbonyl (C=O) groups excluding carboxylic acids is 1. The molecule has 0 aliphatic rings. The summed E-state index contributed by atoms with van der Waals surface area (Å²) >= 11 is 1.34. The molecule has 0 radical (unpaired) electrons. The Bertz CT molecular complexity index is 625. The summed E-state index contributed by atoms with van der Waals surface area (Å²) in [6.07, 6.45) is 2.21. The Balaban J connectivity index is 1.98. The number of carbonyl (C=O) groups is 1. The average molecular weight is 334 g/mol. The first-order chi connectivity index (χ1) is 11.1. The molecule has 2 aromatic rings. The molecule has 124 valence electrons. The Hall–Kier alpha value is -1.86. The largest absolute Gasteiger partial charge is 0.396 e. The highest BCUT2D eigenvalue weighted by atomic mass is 32.2. The van der Waals surface area contributed by atoms with Crippen LogP contribution in [-0.2, 0) is 4.79 Å². The van der Waals surface area contributed by atoms with Crippen LogP contribution in [-0.4, -0.2) is 44.7 Å². The fourth-order valence-electron chi connectivity index (χ4n) is 2.01. The van der Waals surface area contributed by atoms with Gasteiger partial charge in [0.2, 0.25) is 5.91 Å². The number of aromatic nitrogens is 3. The van der Waals surface area contributed by atoms with Crippen LogP contribution in [0.2, 0.25) is 0 Å². The molecule has 0 unspecified atom stereocenters. The lowest BCUT2D eigenvalue weighted by Crippen LogP contribution is -2.26. The van der Waals surface area contributed by atoms with Crippen molar-refractivity contribution in [2.75, 3.05) is 18.9 Å². The molecule has 0 bridgehead atoms. The summed E-state index contributed by atoms with van der Waals surface area (Å²) < 4.78 is 1.87. The number of hydrogen-bond acceptors (Lipinski definition) is 5. The average Bonchev–Trinajstić information content (AvgIpc) is 3.02. The van der Waals surface area contributed by atoms with Crippen LogP contribution in [0.3, 0.4) is 0 Å². The zero-order chi connectivity index (χ0) is 16.7. The smallest absolute Gasteiger partial charge is 0.230 e. The van der Waals surface area contributed by atoms with Crippen LogP contribution in [0.15, 0.2) is 35.7 Å². The normalized spacial score (nSPS) is 11.0. The molecule has 7 heteroatoms. The number of benzene rings is 1. The maximum absolute atomic E-state index is 11.7. The van der Waals surface area contributed by atoms with E-state index in [1.807, 2.05) is 16.7 Å². The molecule has 0 spiro atoms. The van der Waals surface area contributed by atoms with Gasteiger partial charge in [0.1, 0.15) is 6.33 Å². The third kappa shape index (κ3) is 5.07. The van der Waals surface area contributed by atoms with Gasteiger partial charge in [0.25, 0.3) is 0 Å². The van der Waals surface area contributed by atoms with Crippen molar-refractivity contribution in [3.05, 3.63) is 36.2 Å². The molecule has 0 saturated heterocycles. The van der Waals surface area contributed by atoms with E-state index in [1.165, 1.54) is 17.3 Å². The van der Waals surface area contributed by atoms with E-state index in [2.05, 4.69) is 41.5 Å². The van der Waals surface area contributed by atoms with Crippen molar-refractivity contribution in [3.63, 3.8) is 0 Å². The Morgan fingerprint density at radius 2 is 2.09 bits per heavy atom. The third-order valence-corrected chi connectivity index (χ3v) is 4.29. The molecular weight excluding hydrogens is 312 g/mol. The van der Waals surface area contributed by atoms with E-state index in [0.717, 1.165) is 5.69 Å². The predicted octanol–water partition coefficient (Wildman–Crippen LogP) is 1.98. The van der Waals surface area contributed by atoms with Crippen molar-refractivity contribution >= 4 is 17.7 Å². The highest BCUT2D eigenvalue weighted by molar-refractivity contribution is 7.99. The first-order valence-electron chi connectivity index (χ1n) is 7.62. The summed E-state index contributed by atoms with van der Waals surface area (Å²) in [5.74, 6) is 0.684. The Morgan fingerprint density at radius 3 is 2.74 bits per heavy atom. The zero-order valence-corrected chi connectivity index (χ0v) is 14.2. The molecule has 0 aliphatic carbocycles. The molecule has 1 heterocycles. The predicted molar refractivity (Wildman–Crippen MR) is 90.9 cm³/mol. The molecule has 0 saturated carbocycles. The molecule has 6 nitrogen and oxygen atoms in total. The van der Waals surface area contributed by atoms with E-state index >= 15 is 0 Å². The quantitative estimate of drug-likeness (QED) is 0.570. The van der Waals surface area contributed by atoms with Gasteiger partial charge in [-0.3, -0.25) is 9.36 Å². The van der Waals surface area contributed by atoms with Crippen LogP contribution in [0.5, 0.6) is 0 Å². The minimum absolute atomic E-state index is 0.0758. The number of thioether (sulfide) groups is 1. The van der Waals surface area contributed by atoms with Crippen molar-refractivity contribution < 1.29 is 9.90 Å². The molecule has 2 N–H and O–H groups in total. The van der Waals surface area contributed by atoms with Crippen molar-refractivity contribution in [3.8, 4) is 5.69 Å². The van der Waals surface area contributed by atoms with Crippen LogP contribution in [0.1, 0.15) is 31.7 Å². The van der Waals surface area contributed by atoms with E-state index in [-0.39, 0.29) is 18.3 Å². The minimum atomic E-state index is -0.0758. The van der Waals surface area contributed by atoms with E-state index in [0.29, 0.717) is 24.0 Å². The highest BCUT2D eigenvalue weighted by Crippen LogP contribution is 2.21. The molecule has 1 aromatic carbocycles. The second-order valence-electron chi connectivity index (χ2n) is 5.45. The Labute approximate surface area is 140 Å². The van der Waals surface area contributed by atoms with Crippen LogP contribution in [0, 0.1) is 0 Å². The summed E-state index contributed by atoms with van der Waals surface area (Å²) in [6.45, 7) is 4.88. The molecule has 0 atom stereocenters. The number of hydrogen-bond donors (Lipinski definition) is 2. The molecular formula is C16H22N4O2S. The standard InChI is InChI=1S/C16H22N4O2S/c1-12(2)13-4-6-14(7-5-13)20-11-18-19-16(20)23-10-15(22)17-8-3-9-21/h4-7,11-12,21H,3,8-10H2,1-2H3,(H,17,22). The topological polar surface area (TPSA) is 80.0 Å². The summed E-state index contributed by atoms with van der Waals surface area (Å²) in [6, 6.07) is 8.25. The van der Waals surface area contributed by atoms with E-state index in [9.17, 15) is 4.79 Å². The first kappa shape index (κ1) is 17.5. The van der Waals surface area contributed by atoms with Crippen molar-refractivity contribution in [1.82, 2.24) is 20.1 Å². The number of aliphatic hydroxyl groups excluding tert-OH is 1. The van der Waals surface area contributed by atoms with E-state index < -0.39 is 0 Å². The number of amides is 1. The highest BCUT2D eigenvalue weighted by Gasteiger charge is 2.10. The van der Waals surface area contributed by atoms with Crippen molar-refractivity contribution in [2.24, 2.45) is 0 Å². The number of nitrogens with one attached hydrogen (secondary N) is 1. The summed E-state index contributed by atoms with van der Waals surface area (Å²) in [5, 5.41) is 20.1. The lowest BCUT2D eigenvalue weighted by Gasteiger charge is -2.09. The number of rotatable bonds is 8. The van der Waals surface area contributed by atoms with Crippen LogP contribution in [0.4, 0.5) is 0 Å². The zero-order valence-electron chi connectivity index (χ0n) is 13.4. The van der Waals surface area contributed by atoms with E-state index in [4.69, 9.17) is 5.11 Å². The van der Waals surface area contributed by atoms with Gasteiger partial charge in [-0.1, -0.05) is 37.7 Å². The molecule has 0 aliphatic heterocycles. The van der Waals surface area contributed by atoms with Crippen LogP contribution >= 0.6 is 11.8 Å². The maximum Gasteiger partial charge on any atom is 0.230 e. The maximum atomic E-state index is 11.7. The minimum Gasteiger partial charge on any atom is -0.396 e. The first-order valence-corrected chi connectivity index (χ1v) is 8.61. The fraction of sp³-hybridized carbons (Fsp3) is 0.438. The molecule has 1 aromatic heterocycles. The van der Waals surface area contributed by atoms with E-state index in [1.54, 1.807) is 6.33 Å². The van der Waals surface area contributed by atoms with Gasteiger partial charge >= 0.3 is 0 Å². The number of aliphatic hydroxyl groups is 1. The van der Waals surface area contributed by atoms with Crippen molar-refractivity contribution in [2.45, 2.75) is 31.3 Å². The van der Waals surface area contributed by atoms with Gasteiger partial charge in [0.05, 0.1) is 5.75 Å². The third-order valence-electron chi connectivity index (χ3n) is 3.34. The summed E-state index contributed by atoms with van der Waals surface area (Å²) in [4.78, 5) is 11.7. The van der Waals surface area contributed by atoms with Gasteiger partial charge in [-0.2, -0.15) is 0 Å². The fourth-order valence-corrected chi connectivity index (χ4v) is 2.77. The van der Waals surface area contributed by atoms with Gasteiger partial charge in [0.15, 0.2) is 5.16 Å². The van der Waals surface area contributed by atoms with Gasteiger partial charge in [-0.15, -0.1) is 10.2 Å². The second kappa shape index (κ2) is 8.69. The van der Waals surface area contributed by atoms with Gasteiger partial charge in [-0.05, 0) is 30.0 Å². The molecule has 1 amide bonds. The van der Waals surface area contributed by atoms with Crippen LogP contribution in [0.25, 0.3) is 5.69 Å². The van der Waals surface area contributed by atoms with Crippen LogP contribution < -0.4 is 5.32 Å². The summed E-state index contributed by atoms with van der Waals surface area (Å²) in [5.41, 5.74) is 2.25. The summed E-state index contributed by atoms with van der Waals surface area (Å²) in [7, 11) is 0. The van der Waals surface area contributed by atoms with Gasteiger partial charge in [0, 0.05) is 18.8 Å². The SMILES string of the molecule is CC(C)c1ccc(-n2cnnc2SCC(=O)NCCCO)cc1. The van der Waals surface area contributed by atoms with Gasteiger partial charge < -0.3 is 10.4 Å².